The van der Waals surface area contributed by atoms with Gasteiger partial charge in [-0.2, -0.15) is 5.10 Å². The van der Waals surface area contributed by atoms with Gasteiger partial charge in [0.2, 0.25) is 0 Å². The first-order valence-electron chi connectivity index (χ1n) is 6.03. The van der Waals surface area contributed by atoms with Gasteiger partial charge >= 0.3 is 6.03 Å². The lowest BCUT2D eigenvalue weighted by Gasteiger charge is -2.18. The van der Waals surface area contributed by atoms with Crippen molar-refractivity contribution in [1.29, 1.82) is 0 Å². The molecule has 0 unspecified atom stereocenters. The number of para-hydroxylation sites is 1. The van der Waals surface area contributed by atoms with Gasteiger partial charge in [-0.1, -0.05) is 12.1 Å². The fourth-order valence-electron chi connectivity index (χ4n) is 2.01. The highest BCUT2D eigenvalue weighted by atomic mass is 16.2. The molecule has 6 heteroatoms. The number of fused-ring (bicyclic) bond motifs is 1. The molecule has 0 saturated heterocycles. The maximum absolute atomic E-state index is 11.9. The third-order valence-corrected chi connectivity index (χ3v) is 2.92. The number of amides is 2. The Morgan fingerprint density at radius 3 is 2.89 bits per heavy atom. The van der Waals surface area contributed by atoms with Crippen molar-refractivity contribution in [2.75, 3.05) is 18.5 Å². The smallest absolute Gasteiger partial charge is 0.322 e. The molecule has 0 fully saturated rings. The highest BCUT2D eigenvalue weighted by Crippen LogP contribution is 2.25. The van der Waals surface area contributed by atoms with Crippen molar-refractivity contribution < 1.29 is 9.59 Å². The van der Waals surface area contributed by atoms with Crippen LogP contribution < -0.4 is 10.2 Å². The molecule has 0 atom stereocenters. The average molecular weight is 260 g/mol. The third kappa shape index (κ3) is 2.42. The van der Waals surface area contributed by atoms with Crippen molar-refractivity contribution in [2.24, 2.45) is 7.05 Å². The number of nitrogens with one attached hydrogen (secondary N) is 1. The molecular weight excluding hydrogens is 244 g/mol. The number of anilines is 1. The van der Waals surface area contributed by atoms with Crippen LogP contribution in [-0.4, -0.2) is 35.7 Å². The fourth-order valence-corrected chi connectivity index (χ4v) is 2.01. The first kappa shape index (κ1) is 13.1. The van der Waals surface area contributed by atoms with Crippen LogP contribution in [0.1, 0.15) is 6.42 Å². The molecule has 0 aliphatic heterocycles. The van der Waals surface area contributed by atoms with E-state index in [0.717, 1.165) is 17.2 Å². The number of hydrogen-bond donors (Lipinski definition) is 1. The van der Waals surface area contributed by atoms with Gasteiger partial charge in [0.15, 0.2) is 5.82 Å². The Kier molecular flexibility index (Phi) is 3.79. The quantitative estimate of drug-likeness (QED) is 0.843. The van der Waals surface area contributed by atoms with Crippen LogP contribution in [0.5, 0.6) is 0 Å². The average Bonchev–Trinajstić information content (AvgIpc) is 2.77. The largest absolute Gasteiger partial charge is 0.341 e. The molecule has 0 spiro atoms. The van der Waals surface area contributed by atoms with Crippen LogP contribution in [0.15, 0.2) is 24.3 Å². The molecule has 0 bridgehead atoms. The lowest BCUT2D eigenvalue weighted by atomic mass is 10.2. The molecule has 1 aromatic heterocycles. The summed E-state index contributed by atoms with van der Waals surface area (Å²) in [6.45, 7) is 0.310. The van der Waals surface area contributed by atoms with Crippen LogP contribution in [0.25, 0.3) is 10.9 Å². The highest BCUT2D eigenvalue weighted by Gasteiger charge is 2.20. The number of benzene rings is 1. The van der Waals surface area contributed by atoms with Gasteiger partial charge in [-0.15, -0.1) is 0 Å². The molecule has 1 aromatic carbocycles. The zero-order chi connectivity index (χ0) is 13.8. The summed E-state index contributed by atoms with van der Waals surface area (Å²) in [4.78, 5) is 23.9. The van der Waals surface area contributed by atoms with Gasteiger partial charge in [0, 0.05) is 32.4 Å². The zero-order valence-corrected chi connectivity index (χ0v) is 11.0. The maximum Gasteiger partial charge on any atom is 0.322 e. The summed E-state index contributed by atoms with van der Waals surface area (Å²) in [6, 6.07) is 7.39. The molecule has 2 aromatic rings. The van der Waals surface area contributed by atoms with E-state index >= 15 is 0 Å². The van der Waals surface area contributed by atoms with Gasteiger partial charge in [0.05, 0.1) is 5.52 Å². The molecule has 6 nitrogen and oxygen atoms in total. The molecule has 0 radical (unpaired) electrons. The fraction of sp³-hybridized carbons (Fsp3) is 0.308. The van der Waals surface area contributed by atoms with Gasteiger partial charge in [0.25, 0.3) is 0 Å². The van der Waals surface area contributed by atoms with E-state index in [2.05, 4.69) is 10.4 Å². The minimum Gasteiger partial charge on any atom is -0.341 e. The van der Waals surface area contributed by atoms with Gasteiger partial charge < -0.3 is 10.1 Å². The van der Waals surface area contributed by atoms with Crippen molar-refractivity contribution in [2.45, 2.75) is 6.42 Å². The summed E-state index contributed by atoms with van der Waals surface area (Å²) in [5, 5.41) is 7.83. The van der Waals surface area contributed by atoms with Crippen LogP contribution in [0.3, 0.4) is 0 Å². The van der Waals surface area contributed by atoms with Gasteiger partial charge in [-0.25, -0.2) is 4.79 Å². The Labute approximate surface area is 111 Å². The summed E-state index contributed by atoms with van der Waals surface area (Å²) in [6.07, 6.45) is 1.07. The molecule has 2 rings (SSSR count). The van der Waals surface area contributed by atoms with E-state index in [1.165, 1.54) is 4.90 Å². The Morgan fingerprint density at radius 1 is 1.47 bits per heavy atom. The Morgan fingerprint density at radius 2 is 2.21 bits per heavy atom. The van der Waals surface area contributed by atoms with Gasteiger partial charge in [0.1, 0.15) is 6.29 Å². The maximum atomic E-state index is 11.9. The lowest BCUT2D eigenvalue weighted by Crippen LogP contribution is -2.39. The van der Waals surface area contributed by atoms with Crippen molar-refractivity contribution in [1.82, 2.24) is 15.1 Å². The summed E-state index contributed by atoms with van der Waals surface area (Å²) >= 11 is 0. The minimum absolute atomic E-state index is 0.272. The molecule has 0 aliphatic carbocycles. The van der Waals surface area contributed by atoms with Crippen LogP contribution in [-0.2, 0) is 11.8 Å². The molecule has 0 aliphatic rings. The van der Waals surface area contributed by atoms with Crippen molar-refractivity contribution in [3.63, 3.8) is 0 Å². The Bertz CT molecular complexity index is 606. The second kappa shape index (κ2) is 5.51. The summed E-state index contributed by atoms with van der Waals surface area (Å²) in [7, 11) is 3.38. The number of rotatable bonds is 4. The zero-order valence-electron chi connectivity index (χ0n) is 11.0. The van der Waals surface area contributed by atoms with Crippen LogP contribution in [0.4, 0.5) is 10.6 Å². The number of aryl methyl sites for hydroxylation is 1. The Balaban J connectivity index is 2.49. The van der Waals surface area contributed by atoms with E-state index in [4.69, 9.17) is 0 Å². The monoisotopic (exact) mass is 260 g/mol. The standard InChI is InChI=1S/C13H16N4O2/c1-14-13(19)17(8-5-9-18)12-10-6-3-4-7-11(10)16(2)15-12/h3-4,6-7,9H,5,8H2,1-2H3,(H,14,19). The lowest BCUT2D eigenvalue weighted by molar-refractivity contribution is -0.107. The van der Waals surface area contributed by atoms with Crippen LogP contribution in [0.2, 0.25) is 0 Å². The highest BCUT2D eigenvalue weighted by molar-refractivity contribution is 6.00. The first-order valence-corrected chi connectivity index (χ1v) is 6.03. The molecule has 1 N–H and O–H groups in total. The van der Waals surface area contributed by atoms with E-state index in [9.17, 15) is 9.59 Å². The van der Waals surface area contributed by atoms with E-state index in [-0.39, 0.29) is 12.5 Å². The summed E-state index contributed by atoms with van der Waals surface area (Å²) in [5.41, 5.74) is 0.942. The predicted molar refractivity (Wildman–Crippen MR) is 73.2 cm³/mol. The second-order valence-electron chi connectivity index (χ2n) is 4.13. The number of nitrogens with zero attached hydrogens (tertiary/aromatic N) is 3. The molecule has 100 valence electrons. The molecule has 19 heavy (non-hydrogen) atoms. The SMILES string of the molecule is CNC(=O)N(CCC=O)c1nn(C)c2ccccc12. The van der Waals surface area contributed by atoms with Crippen LogP contribution >= 0.6 is 0 Å². The summed E-state index contributed by atoms with van der Waals surface area (Å²) in [5.74, 6) is 0.569. The first-order chi connectivity index (χ1) is 9.19. The van der Waals surface area contributed by atoms with Gasteiger partial charge in [-0.3, -0.25) is 9.58 Å². The van der Waals surface area contributed by atoms with E-state index in [1.807, 2.05) is 31.3 Å². The van der Waals surface area contributed by atoms with Gasteiger partial charge in [-0.05, 0) is 12.1 Å². The number of aromatic nitrogens is 2. The minimum atomic E-state index is -0.272. The topological polar surface area (TPSA) is 67.2 Å². The van der Waals surface area contributed by atoms with E-state index in [1.54, 1.807) is 11.7 Å². The molecule has 1 heterocycles. The van der Waals surface area contributed by atoms with Crippen LogP contribution in [0, 0.1) is 0 Å². The normalized spacial score (nSPS) is 10.4. The Hall–Kier alpha value is -2.37. The van der Waals surface area contributed by atoms with Crippen molar-refractivity contribution in [3.05, 3.63) is 24.3 Å². The number of hydrogen-bond acceptors (Lipinski definition) is 3. The van der Waals surface area contributed by atoms with Crippen molar-refractivity contribution >= 4 is 29.0 Å². The predicted octanol–water partition coefficient (Wildman–Crippen LogP) is 1.31. The van der Waals surface area contributed by atoms with E-state index < -0.39 is 0 Å². The summed E-state index contributed by atoms with van der Waals surface area (Å²) < 4.78 is 1.72. The van der Waals surface area contributed by atoms with E-state index in [0.29, 0.717) is 12.4 Å². The second-order valence-corrected chi connectivity index (χ2v) is 4.13. The molecule has 2 amide bonds. The number of urea groups is 1. The number of carbonyl (C=O) groups excluding carboxylic acids is 2. The molecule has 0 saturated carbocycles. The molecular formula is C13H16N4O2. The number of carbonyl (C=O) groups is 2. The third-order valence-electron chi connectivity index (χ3n) is 2.92. The number of aldehydes is 1. The van der Waals surface area contributed by atoms with Crippen molar-refractivity contribution in [3.8, 4) is 0 Å².